The van der Waals surface area contributed by atoms with Crippen LogP contribution in [0.4, 0.5) is 0 Å². The molecule has 0 fully saturated rings. The number of rotatable bonds is 0. The van der Waals surface area contributed by atoms with Crippen molar-refractivity contribution in [1.29, 1.82) is 0 Å². The Hall–Kier alpha value is -0.250. The van der Waals surface area contributed by atoms with Crippen LogP contribution in [0.5, 0.6) is 5.75 Å². The molecule has 13 heavy (non-hydrogen) atoms. The van der Waals surface area contributed by atoms with Crippen molar-refractivity contribution in [2.75, 3.05) is 6.61 Å². The van der Waals surface area contributed by atoms with Crippen molar-refractivity contribution in [2.45, 2.75) is 10.9 Å². The van der Waals surface area contributed by atoms with Crippen molar-refractivity contribution in [3.8, 4) is 5.75 Å². The van der Waals surface area contributed by atoms with Gasteiger partial charge in [0.25, 0.3) is 0 Å². The highest BCUT2D eigenvalue weighted by Gasteiger charge is 2.27. The van der Waals surface area contributed by atoms with Gasteiger partial charge < -0.3 is 9.84 Å². The van der Waals surface area contributed by atoms with Gasteiger partial charge in [0.1, 0.15) is 12.4 Å². The average Bonchev–Trinajstić information content (AvgIpc) is 2.12. The first-order chi connectivity index (χ1) is 6.18. The standard InChI is InChI=1S/C9H8BrClO2/c10-7-4-13-8-3-5(11)1-2-6(8)9(7)12/h1-3,7,9,12H,4H2/t7-,9-/m1/s1. The molecule has 1 heterocycles. The molecule has 0 unspecified atom stereocenters. The Bertz CT molecular complexity index is 329. The van der Waals surface area contributed by atoms with Crippen molar-refractivity contribution in [3.63, 3.8) is 0 Å². The molecule has 0 saturated heterocycles. The van der Waals surface area contributed by atoms with Crippen LogP contribution in [0.25, 0.3) is 0 Å². The normalized spacial score (nSPS) is 26.4. The van der Waals surface area contributed by atoms with Crippen LogP contribution in [0.3, 0.4) is 0 Å². The fourth-order valence-electron chi connectivity index (χ4n) is 1.33. The number of hydrogen-bond acceptors (Lipinski definition) is 2. The van der Waals surface area contributed by atoms with Gasteiger partial charge in [-0.25, -0.2) is 0 Å². The summed E-state index contributed by atoms with van der Waals surface area (Å²) in [5, 5.41) is 10.4. The molecule has 0 bridgehead atoms. The lowest BCUT2D eigenvalue weighted by Crippen LogP contribution is -2.25. The Balaban J connectivity index is 2.44. The van der Waals surface area contributed by atoms with Crippen molar-refractivity contribution >= 4 is 27.5 Å². The maximum Gasteiger partial charge on any atom is 0.126 e. The van der Waals surface area contributed by atoms with E-state index in [9.17, 15) is 5.11 Å². The molecule has 70 valence electrons. The first-order valence-electron chi connectivity index (χ1n) is 3.93. The molecule has 0 radical (unpaired) electrons. The molecule has 1 aromatic rings. The van der Waals surface area contributed by atoms with Crippen LogP contribution in [0.15, 0.2) is 18.2 Å². The van der Waals surface area contributed by atoms with Gasteiger partial charge in [0, 0.05) is 10.6 Å². The summed E-state index contributed by atoms with van der Waals surface area (Å²) in [4.78, 5) is -0.0406. The number of aliphatic hydroxyl groups is 1. The molecule has 4 heteroatoms. The zero-order chi connectivity index (χ0) is 9.42. The van der Waals surface area contributed by atoms with Crippen LogP contribution in [-0.2, 0) is 0 Å². The maximum atomic E-state index is 9.75. The topological polar surface area (TPSA) is 29.5 Å². The minimum absolute atomic E-state index is 0.0406. The number of fused-ring (bicyclic) bond motifs is 1. The second-order valence-corrected chi connectivity index (χ2v) is 4.57. The summed E-state index contributed by atoms with van der Waals surface area (Å²) in [6.45, 7) is 0.467. The Labute approximate surface area is 89.6 Å². The lowest BCUT2D eigenvalue weighted by molar-refractivity contribution is 0.125. The fraction of sp³-hybridized carbons (Fsp3) is 0.333. The van der Waals surface area contributed by atoms with Crippen molar-refractivity contribution in [1.82, 2.24) is 0 Å². The molecule has 2 atom stereocenters. The Morgan fingerprint density at radius 3 is 3.08 bits per heavy atom. The van der Waals surface area contributed by atoms with Crippen LogP contribution in [0.1, 0.15) is 11.7 Å². The van der Waals surface area contributed by atoms with Crippen LogP contribution < -0.4 is 4.74 Å². The van der Waals surface area contributed by atoms with Gasteiger partial charge in [0.05, 0.1) is 10.9 Å². The highest BCUT2D eigenvalue weighted by Crippen LogP contribution is 2.36. The molecular formula is C9H8BrClO2. The number of hydrogen-bond donors (Lipinski definition) is 1. The summed E-state index contributed by atoms with van der Waals surface area (Å²) in [7, 11) is 0. The third kappa shape index (κ3) is 1.68. The molecule has 1 aliphatic rings. The van der Waals surface area contributed by atoms with E-state index in [0.717, 1.165) is 5.56 Å². The van der Waals surface area contributed by atoms with Gasteiger partial charge >= 0.3 is 0 Å². The van der Waals surface area contributed by atoms with Crippen LogP contribution in [-0.4, -0.2) is 16.5 Å². The second kappa shape index (κ2) is 3.48. The minimum Gasteiger partial charge on any atom is -0.492 e. The molecule has 0 aliphatic carbocycles. The molecule has 0 amide bonds. The molecule has 0 aromatic heterocycles. The third-order valence-electron chi connectivity index (χ3n) is 2.03. The van der Waals surface area contributed by atoms with E-state index >= 15 is 0 Å². The van der Waals surface area contributed by atoms with Gasteiger partial charge in [0.15, 0.2) is 0 Å². The van der Waals surface area contributed by atoms with Gasteiger partial charge in [-0.3, -0.25) is 0 Å². The highest BCUT2D eigenvalue weighted by atomic mass is 79.9. The van der Waals surface area contributed by atoms with Crippen molar-refractivity contribution in [3.05, 3.63) is 28.8 Å². The third-order valence-corrected chi connectivity index (χ3v) is 3.04. The number of aliphatic hydroxyl groups excluding tert-OH is 1. The fourth-order valence-corrected chi connectivity index (χ4v) is 1.91. The van der Waals surface area contributed by atoms with E-state index in [0.29, 0.717) is 17.4 Å². The molecular weight excluding hydrogens is 255 g/mol. The summed E-state index contributed by atoms with van der Waals surface area (Å²) in [5.74, 6) is 0.677. The minimum atomic E-state index is -0.513. The Kier molecular flexibility index (Phi) is 2.49. The summed E-state index contributed by atoms with van der Waals surface area (Å²) >= 11 is 9.12. The monoisotopic (exact) mass is 262 g/mol. The Morgan fingerprint density at radius 1 is 1.54 bits per heavy atom. The second-order valence-electron chi connectivity index (χ2n) is 2.95. The van der Waals surface area contributed by atoms with E-state index in [1.807, 2.05) is 0 Å². The van der Waals surface area contributed by atoms with Gasteiger partial charge in [0.2, 0.25) is 0 Å². The van der Waals surface area contributed by atoms with Crippen molar-refractivity contribution in [2.24, 2.45) is 0 Å². The lowest BCUT2D eigenvalue weighted by Gasteiger charge is -2.26. The quantitative estimate of drug-likeness (QED) is 0.729. The summed E-state index contributed by atoms with van der Waals surface area (Å²) in [6.07, 6.45) is -0.513. The van der Waals surface area contributed by atoms with Gasteiger partial charge in [-0.05, 0) is 12.1 Å². The molecule has 1 aliphatic heterocycles. The average molecular weight is 264 g/mol. The summed E-state index contributed by atoms with van der Waals surface area (Å²) < 4.78 is 5.40. The van der Waals surface area contributed by atoms with E-state index in [4.69, 9.17) is 16.3 Å². The number of alkyl halides is 1. The lowest BCUT2D eigenvalue weighted by atomic mass is 10.0. The predicted molar refractivity (Wildman–Crippen MR) is 54.6 cm³/mol. The highest BCUT2D eigenvalue weighted by molar-refractivity contribution is 9.09. The van der Waals surface area contributed by atoms with Gasteiger partial charge in [-0.15, -0.1) is 0 Å². The molecule has 2 nitrogen and oxygen atoms in total. The van der Waals surface area contributed by atoms with E-state index in [2.05, 4.69) is 15.9 Å². The smallest absolute Gasteiger partial charge is 0.126 e. The number of ether oxygens (including phenoxy) is 1. The zero-order valence-corrected chi connectivity index (χ0v) is 9.05. The Morgan fingerprint density at radius 2 is 2.31 bits per heavy atom. The molecule has 1 aromatic carbocycles. The van der Waals surface area contributed by atoms with Gasteiger partial charge in [-0.2, -0.15) is 0 Å². The molecule has 2 rings (SSSR count). The first kappa shape index (κ1) is 9.31. The van der Waals surface area contributed by atoms with Crippen LogP contribution in [0, 0.1) is 0 Å². The molecule has 1 N–H and O–H groups in total. The number of benzene rings is 1. The van der Waals surface area contributed by atoms with E-state index in [-0.39, 0.29) is 4.83 Å². The van der Waals surface area contributed by atoms with Crippen LogP contribution in [0.2, 0.25) is 5.02 Å². The summed E-state index contributed by atoms with van der Waals surface area (Å²) in [6, 6.07) is 5.26. The molecule has 0 spiro atoms. The van der Waals surface area contributed by atoms with E-state index in [1.165, 1.54) is 0 Å². The molecule has 0 saturated carbocycles. The van der Waals surface area contributed by atoms with Gasteiger partial charge in [-0.1, -0.05) is 33.6 Å². The predicted octanol–water partition coefficient (Wildman–Crippen LogP) is 2.53. The zero-order valence-electron chi connectivity index (χ0n) is 6.71. The largest absolute Gasteiger partial charge is 0.492 e. The van der Waals surface area contributed by atoms with Crippen LogP contribution >= 0.6 is 27.5 Å². The maximum absolute atomic E-state index is 9.75. The van der Waals surface area contributed by atoms with Crippen molar-refractivity contribution < 1.29 is 9.84 Å². The van der Waals surface area contributed by atoms with E-state index in [1.54, 1.807) is 18.2 Å². The number of halogens is 2. The summed E-state index contributed by atoms with van der Waals surface area (Å²) in [5.41, 5.74) is 0.789. The first-order valence-corrected chi connectivity index (χ1v) is 5.22. The van der Waals surface area contributed by atoms with E-state index < -0.39 is 6.10 Å². The SMILES string of the molecule is O[C@@H]1c2ccc(Cl)cc2OC[C@H]1Br.